The van der Waals surface area contributed by atoms with Gasteiger partial charge in [0.25, 0.3) is 0 Å². The van der Waals surface area contributed by atoms with Gasteiger partial charge in [-0.3, -0.25) is 4.79 Å². The molecule has 130 valence electrons. The summed E-state index contributed by atoms with van der Waals surface area (Å²) in [5.41, 5.74) is 5.82. The number of nitrogens with zero attached hydrogens (tertiary/aromatic N) is 2. The minimum Gasteiger partial charge on any atom is -0.366 e. The van der Waals surface area contributed by atoms with Crippen LogP contribution in [0.5, 0.6) is 0 Å². The van der Waals surface area contributed by atoms with E-state index in [1.165, 1.54) is 12.1 Å². The second kappa shape index (κ2) is 6.58. The zero-order chi connectivity index (χ0) is 18.0. The Morgan fingerprint density at radius 1 is 1.16 bits per heavy atom. The first kappa shape index (κ1) is 17.0. The highest BCUT2D eigenvalue weighted by molar-refractivity contribution is 5.92. The number of hydrogen-bond acceptors (Lipinski definition) is 3. The van der Waals surface area contributed by atoms with E-state index in [4.69, 9.17) is 5.73 Å². The van der Waals surface area contributed by atoms with Crippen LogP contribution in [-0.4, -0.2) is 17.4 Å². The fourth-order valence-corrected chi connectivity index (χ4v) is 2.91. The van der Waals surface area contributed by atoms with E-state index in [0.29, 0.717) is 29.9 Å². The van der Waals surface area contributed by atoms with Crippen LogP contribution in [0.15, 0.2) is 60.3 Å². The van der Waals surface area contributed by atoms with Gasteiger partial charge in [0.1, 0.15) is 5.82 Å². The van der Waals surface area contributed by atoms with Crippen molar-refractivity contribution in [3.05, 3.63) is 71.4 Å². The zero-order valence-corrected chi connectivity index (χ0v) is 13.2. The van der Waals surface area contributed by atoms with Crippen molar-refractivity contribution in [3.63, 3.8) is 0 Å². The van der Waals surface area contributed by atoms with Crippen molar-refractivity contribution >= 4 is 11.7 Å². The molecule has 0 fully saturated rings. The fourth-order valence-electron chi connectivity index (χ4n) is 2.91. The Kier molecular flexibility index (Phi) is 4.48. The van der Waals surface area contributed by atoms with E-state index in [2.05, 4.69) is 4.98 Å². The molecular weight excluding hydrogens is 331 g/mol. The number of pyridine rings is 1. The van der Waals surface area contributed by atoms with Crippen molar-refractivity contribution < 1.29 is 18.0 Å². The summed E-state index contributed by atoms with van der Waals surface area (Å²) in [5.74, 6) is 0.171. The van der Waals surface area contributed by atoms with Gasteiger partial charge in [-0.1, -0.05) is 24.3 Å². The van der Waals surface area contributed by atoms with Crippen molar-refractivity contribution in [2.45, 2.75) is 18.6 Å². The number of hydrogen-bond donors (Lipinski definition) is 1. The Labute approximate surface area is 142 Å². The molecule has 1 unspecified atom stereocenters. The Balaban J connectivity index is 1.97. The monoisotopic (exact) mass is 347 g/mol. The highest BCUT2D eigenvalue weighted by atomic mass is 19.4. The summed E-state index contributed by atoms with van der Waals surface area (Å²) < 4.78 is 38.3. The number of benzene rings is 1. The third-order valence-corrected chi connectivity index (χ3v) is 4.21. The molecule has 1 amide bonds. The second-order valence-corrected chi connectivity index (χ2v) is 5.77. The number of primary amides is 1. The van der Waals surface area contributed by atoms with Crippen LogP contribution in [0.4, 0.5) is 19.0 Å². The first-order valence-corrected chi connectivity index (χ1v) is 7.70. The summed E-state index contributed by atoms with van der Waals surface area (Å²) in [6.07, 6.45) is -0.689. The van der Waals surface area contributed by atoms with Gasteiger partial charge in [0, 0.05) is 24.7 Å². The number of rotatable bonds is 3. The lowest BCUT2D eigenvalue weighted by atomic mass is 9.92. The molecule has 7 heteroatoms. The molecule has 2 aromatic rings. The fraction of sp³-hybridized carbons (Fsp3) is 0.222. The van der Waals surface area contributed by atoms with Gasteiger partial charge in [0.15, 0.2) is 0 Å². The van der Waals surface area contributed by atoms with Crippen LogP contribution in [-0.2, 0) is 11.0 Å². The first-order chi connectivity index (χ1) is 11.9. The highest BCUT2D eigenvalue weighted by Crippen LogP contribution is 2.36. The van der Waals surface area contributed by atoms with Crippen LogP contribution in [0, 0.1) is 0 Å². The molecule has 2 N–H and O–H groups in total. The minimum absolute atomic E-state index is 0.315. The molecule has 25 heavy (non-hydrogen) atoms. The quantitative estimate of drug-likeness (QED) is 0.925. The van der Waals surface area contributed by atoms with E-state index in [9.17, 15) is 18.0 Å². The number of aromatic nitrogens is 1. The van der Waals surface area contributed by atoms with Crippen molar-refractivity contribution in [3.8, 4) is 0 Å². The van der Waals surface area contributed by atoms with Gasteiger partial charge >= 0.3 is 6.18 Å². The topological polar surface area (TPSA) is 59.2 Å². The number of nitrogens with two attached hydrogens (primary N) is 1. The van der Waals surface area contributed by atoms with Crippen LogP contribution < -0.4 is 10.6 Å². The maximum atomic E-state index is 12.8. The van der Waals surface area contributed by atoms with Gasteiger partial charge in [-0.25, -0.2) is 4.98 Å². The molecule has 0 saturated heterocycles. The lowest BCUT2D eigenvalue weighted by molar-refractivity contribution is -0.137. The largest absolute Gasteiger partial charge is 0.416 e. The molecule has 4 nitrogen and oxygen atoms in total. The van der Waals surface area contributed by atoms with Crippen molar-refractivity contribution in [1.29, 1.82) is 0 Å². The number of anilines is 1. The predicted molar refractivity (Wildman–Crippen MR) is 87.7 cm³/mol. The third-order valence-electron chi connectivity index (χ3n) is 4.21. The average molecular weight is 347 g/mol. The Hall–Kier alpha value is -2.83. The Bertz CT molecular complexity index is 785. The lowest BCUT2D eigenvalue weighted by Gasteiger charge is -2.36. The Morgan fingerprint density at radius 2 is 1.88 bits per heavy atom. The first-order valence-electron chi connectivity index (χ1n) is 7.70. The SMILES string of the molecule is NC(=O)C1=CCN(c2ccccn2)C(c2ccc(C(F)(F)F)cc2)C1. The molecule has 2 heterocycles. The molecule has 0 bridgehead atoms. The van der Waals surface area contributed by atoms with E-state index in [1.54, 1.807) is 18.3 Å². The second-order valence-electron chi connectivity index (χ2n) is 5.77. The van der Waals surface area contributed by atoms with E-state index in [1.807, 2.05) is 17.0 Å². The normalized spacial score (nSPS) is 18.0. The summed E-state index contributed by atoms with van der Waals surface area (Å²) in [7, 11) is 0. The zero-order valence-electron chi connectivity index (χ0n) is 13.2. The molecule has 0 radical (unpaired) electrons. The van der Waals surface area contributed by atoms with Crippen molar-refractivity contribution in [2.24, 2.45) is 5.73 Å². The molecule has 1 aliphatic heterocycles. The van der Waals surface area contributed by atoms with Gasteiger partial charge < -0.3 is 10.6 Å². The molecule has 1 aromatic heterocycles. The van der Waals surface area contributed by atoms with Gasteiger partial charge in [-0.15, -0.1) is 0 Å². The summed E-state index contributed by atoms with van der Waals surface area (Å²) in [4.78, 5) is 17.8. The number of carbonyl (C=O) groups is 1. The van der Waals surface area contributed by atoms with Gasteiger partial charge in [0.2, 0.25) is 5.91 Å². The molecule has 3 rings (SSSR count). The summed E-state index contributed by atoms with van der Waals surface area (Å²) in [6, 6.07) is 10.1. The van der Waals surface area contributed by atoms with Crippen molar-refractivity contribution in [2.75, 3.05) is 11.4 Å². The van der Waals surface area contributed by atoms with Crippen LogP contribution in [0.1, 0.15) is 23.6 Å². The van der Waals surface area contributed by atoms with Crippen LogP contribution in [0.25, 0.3) is 0 Å². The number of halogens is 3. The summed E-state index contributed by atoms with van der Waals surface area (Å²) in [5, 5.41) is 0. The predicted octanol–water partition coefficient (Wildman–Crippen LogP) is 3.46. The van der Waals surface area contributed by atoms with Gasteiger partial charge in [0.05, 0.1) is 11.6 Å². The average Bonchev–Trinajstić information content (AvgIpc) is 2.61. The third kappa shape index (κ3) is 3.65. The molecular formula is C18H16F3N3O. The maximum Gasteiger partial charge on any atom is 0.416 e. The van der Waals surface area contributed by atoms with E-state index in [0.717, 1.165) is 12.1 Å². The van der Waals surface area contributed by atoms with Crippen molar-refractivity contribution in [1.82, 2.24) is 4.98 Å². The van der Waals surface area contributed by atoms with E-state index < -0.39 is 17.6 Å². The Morgan fingerprint density at radius 3 is 2.44 bits per heavy atom. The van der Waals surface area contributed by atoms with Gasteiger partial charge in [-0.2, -0.15) is 13.2 Å². The number of carbonyl (C=O) groups excluding carboxylic acids is 1. The smallest absolute Gasteiger partial charge is 0.366 e. The molecule has 0 saturated carbocycles. The standard InChI is InChI=1S/C18H16F3N3O/c19-18(20,21)14-6-4-12(5-7-14)15-11-13(17(22)25)8-10-24(15)16-3-1-2-9-23-16/h1-9,15H,10-11H2,(H2,22,25). The van der Waals surface area contributed by atoms with E-state index in [-0.39, 0.29) is 6.04 Å². The minimum atomic E-state index is -4.38. The molecule has 0 aliphatic carbocycles. The number of alkyl halides is 3. The lowest BCUT2D eigenvalue weighted by Crippen LogP contribution is -2.35. The van der Waals surface area contributed by atoms with E-state index >= 15 is 0 Å². The van der Waals surface area contributed by atoms with Crippen LogP contribution in [0.2, 0.25) is 0 Å². The highest BCUT2D eigenvalue weighted by Gasteiger charge is 2.32. The van der Waals surface area contributed by atoms with Crippen LogP contribution >= 0.6 is 0 Å². The molecule has 0 spiro atoms. The molecule has 1 aromatic carbocycles. The molecule has 1 aliphatic rings. The summed E-state index contributed by atoms with van der Waals surface area (Å²) >= 11 is 0. The van der Waals surface area contributed by atoms with Gasteiger partial charge in [-0.05, 0) is 29.8 Å². The summed E-state index contributed by atoms with van der Waals surface area (Å²) in [6.45, 7) is 0.404. The number of amides is 1. The molecule has 1 atom stereocenters. The maximum absolute atomic E-state index is 12.8. The van der Waals surface area contributed by atoms with Crippen LogP contribution in [0.3, 0.4) is 0 Å².